The first-order valence-electron chi connectivity index (χ1n) is 7.99. The summed E-state index contributed by atoms with van der Waals surface area (Å²) in [7, 11) is 0. The SMILES string of the molecule is c1ccc(SC2CCCC2)c(NCC2CCCOC2)c1. The molecule has 1 aromatic rings. The van der Waals surface area contributed by atoms with E-state index in [0.717, 1.165) is 25.0 Å². The van der Waals surface area contributed by atoms with Gasteiger partial charge in [0.05, 0.1) is 6.61 Å². The number of para-hydroxylation sites is 1. The highest BCUT2D eigenvalue weighted by Crippen LogP contribution is 2.38. The second kappa shape index (κ2) is 7.37. The van der Waals surface area contributed by atoms with Crippen molar-refractivity contribution in [2.45, 2.75) is 48.7 Å². The first-order chi connectivity index (χ1) is 9.92. The molecule has 1 saturated carbocycles. The van der Waals surface area contributed by atoms with Crippen LogP contribution in [0.3, 0.4) is 0 Å². The lowest BCUT2D eigenvalue weighted by atomic mass is 10.0. The molecule has 20 heavy (non-hydrogen) atoms. The molecule has 2 nitrogen and oxygen atoms in total. The number of thioether (sulfide) groups is 1. The van der Waals surface area contributed by atoms with E-state index in [-0.39, 0.29) is 0 Å². The number of rotatable bonds is 5. The summed E-state index contributed by atoms with van der Waals surface area (Å²) in [6.45, 7) is 2.91. The van der Waals surface area contributed by atoms with Gasteiger partial charge in [-0.25, -0.2) is 0 Å². The van der Waals surface area contributed by atoms with E-state index in [2.05, 4.69) is 41.3 Å². The van der Waals surface area contributed by atoms with Gasteiger partial charge < -0.3 is 10.1 Å². The van der Waals surface area contributed by atoms with E-state index >= 15 is 0 Å². The van der Waals surface area contributed by atoms with Gasteiger partial charge in [-0.3, -0.25) is 0 Å². The van der Waals surface area contributed by atoms with Crippen molar-refractivity contribution in [3.8, 4) is 0 Å². The average Bonchev–Trinajstić information content (AvgIpc) is 3.00. The topological polar surface area (TPSA) is 21.3 Å². The van der Waals surface area contributed by atoms with Crippen LogP contribution in [-0.4, -0.2) is 25.0 Å². The maximum Gasteiger partial charge on any atom is 0.0511 e. The van der Waals surface area contributed by atoms with Gasteiger partial charge in [0.2, 0.25) is 0 Å². The highest BCUT2D eigenvalue weighted by Gasteiger charge is 2.18. The monoisotopic (exact) mass is 291 g/mol. The molecular formula is C17H25NOS. The van der Waals surface area contributed by atoms with Gasteiger partial charge in [-0.15, -0.1) is 11.8 Å². The molecule has 1 atom stereocenters. The smallest absolute Gasteiger partial charge is 0.0511 e. The molecule has 1 N–H and O–H groups in total. The molecule has 1 unspecified atom stereocenters. The minimum atomic E-state index is 0.674. The molecule has 2 fully saturated rings. The molecule has 1 saturated heterocycles. The molecule has 1 aliphatic carbocycles. The van der Waals surface area contributed by atoms with Crippen LogP contribution < -0.4 is 5.32 Å². The summed E-state index contributed by atoms with van der Waals surface area (Å²) in [4.78, 5) is 1.43. The third kappa shape index (κ3) is 3.92. The van der Waals surface area contributed by atoms with Crippen molar-refractivity contribution >= 4 is 17.4 Å². The Kier molecular flexibility index (Phi) is 5.26. The van der Waals surface area contributed by atoms with Crippen LogP contribution in [0.1, 0.15) is 38.5 Å². The molecule has 0 aromatic heterocycles. The quantitative estimate of drug-likeness (QED) is 0.859. The van der Waals surface area contributed by atoms with E-state index in [1.165, 1.54) is 49.1 Å². The Hall–Kier alpha value is -0.670. The second-order valence-electron chi connectivity index (χ2n) is 5.98. The zero-order valence-corrected chi connectivity index (χ0v) is 13.0. The molecular weight excluding hydrogens is 266 g/mol. The Morgan fingerprint density at radius 3 is 2.75 bits per heavy atom. The summed E-state index contributed by atoms with van der Waals surface area (Å²) in [5.74, 6) is 0.674. The number of hydrogen-bond donors (Lipinski definition) is 1. The van der Waals surface area contributed by atoms with Crippen LogP contribution in [0.15, 0.2) is 29.2 Å². The van der Waals surface area contributed by atoms with Crippen LogP contribution in [0.4, 0.5) is 5.69 Å². The Bertz CT molecular complexity index is 411. The van der Waals surface area contributed by atoms with Crippen LogP contribution in [0, 0.1) is 5.92 Å². The molecule has 1 heterocycles. The fourth-order valence-electron chi connectivity index (χ4n) is 3.12. The lowest BCUT2D eigenvalue weighted by molar-refractivity contribution is 0.0595. The first-order valence-corrected chi connectivity index (χ1v) is 8.87. The van der Waals surface area contributed by atoms with E-state index in [1.54, 1.807) is 0 Å². The van der Waals surface area contributed by atoms with Gasteiger partial charge in [-0.1, -0.05) is 25.0 Å². The van der Waals surface area contributed by atoms with Crippen molar-refractivity contribution < 1.29 is 4.74 Å². The Labute approximate surface area is 126 Å². The van der Waals surface area contributed by atoms with Crippen LogP contribution in [-0.2, 0) is 4.74 Å². The molecule has 1 aliphatic heterocycles. The van der Waals surface area contributed by atoms with Gasteiger partial charge in [-0.2, -0.15) is 0 Å². The molecule has 110 valence electrons. The van der Waals surface area contributed by atoms with Crippen molar-refractivity contribution in [1.82, 2.24) is 0 Å². The van der Waals surface area contributed by atoms with Gasteiger partial charge in [0.1, 0.15) is 0 Å². The number of benzene rings is 1. The molecule has 0 radical (unpaired) electrons. The molecule has 2 aliphatic rings. The predicted octanol–water partition coefficient (Wildman–Crippen LogP) is 4.56. The lowest BCUT2D eigenvalue weighted by Gasteiger charge is -2.23. The van der Waals surface area contributed by atoms with Crippen molar-refractivity contribution in [3.63, 3.8) is 0 Å². The Morgan fingerprint density at radius 1 is 1.10 bits per heavy atom. The Balaban J connectivity index is 1.57. The van der Waals surface area contributed by atoms with Gasteiger partial charge >= 0.3 is 0 Å². The van der Waals surface area contributed by atoms with Gasteiger partial charge in [-0.05, 0) is 43.7 Å². The van der Waals surface area contributed by atoms with E-state index in [0.29, 0.717) is 5.92 Å². The fraction of sp³-hybridized carbons (Fsp3) is 0.647. The standard InChI is InChI=1S/C17H25NOS/c1-2-8-15(7-1)20-17-10-4-3-9-16(17)18-12-14-6-5-11-19-13-14/h3-4,9-10,14-15,18H,1-2,5-8,11-13H2. The maximum atomic E-state index is 5.56. The number of anilines is 1. The van der Waals surface area contributed by atoms with Gasteiger partial charge in [0, 0.05) is 29.0 Å². The average molecular weight is 291 g/mol. The molecule has 3 heteroatoms. The van der Waals surface area contributed by atoms with Crippen LogP contribution in [0.2, 0.25) is 0 Å². The van der Waals surface area contributed by atoms with Crippen molar-refractivity contribution in [3.05, 3.63) is 24.3 Å². The van der Waals surface area contributed by atoms with Crippen molar-refractivity contribution in [2.24, 2.45) is 5.92 Å². The Morgan fingerprint density at radius 2 is 1.95 bits per heavy atom. The first kappa shape index (κ1) is 14.3. The normalized spacial score (nSPS) is 23.9. The number of ether oxygens (including phenoxy) is 1. The third-order valence-corrected chi connectivity index (χ3v) is 5.73. The van der Waals surface area contributed by atoms with E-state index < -0.39 is 0 Å². The van der Waals surface area contributed by atoms with E-state index in [1.807, 2.05) is 0 Å². The zero-order valence-electron chi connectivity index (χ0n) is 12.1. The minimum Gasteiger partial charge on any atom is -0.384 e. The van der Waals surface area contributed by atoms with Crippen molar-refractivity contribution in [1.29, 1.82) is 0 Å². The molecule has 1 aromatic carbocycles. The zero-order chi connectivity index (χ0) is 13.6. The van der Waals surface area contributed by atoms with Crippen LogP contribution >= 0.6 is 11.8 Å². The van der Waals surface area contributed by atoms with E-state index in [4.69, 9.17) is 4.74 Å². The fourth-order valence-corrected chi connectivity index (χ4v) is 4.48. The summed E-state index contributed by atoms with van der Waals surface area (Å²) in [5.41, 5.74) is 1.31. The number of nitrogens with one attached hydrogen (secondary N) is 1. The summed E-state index contributed by atoms with van der Waals surface area (Å²) < 4.78 is 5.56. The highest BCUT2D eigenvalue weighted by molar-refractivity contribution is 8.00. The maximum absolute atomic E-state index is 5.56. The molecule has 0 spiro atoms. The summed E-state index contributed by atoms with van der Waals surface area (Å²) in [5, 5.41) is 4.49. The summed E-state index contributed by atoms with van der Waals surface area (Å²) >= 11 is 2.07. The number of hydrogen-bond acceptors (Lipinski definition) is 3. The van der Waals surface area contributed by atoms with Crippen LogP contribution in [0.25, 0.3) is 0 Å². The molecule has 0 bridgehead atoms. The summed E-state index contributed by atoms with van der Waals surface area (Å²) in [6.07, 6.45) is 8.10. The van der Waals surface area contributed by atoms with Crippen LogP contribution in [0.5, 0.6) is 0 Å². The molecule has 0 amide bonds. The summed E-state index contributed by atoms with van der Waals surface area (Å²) in [6, 6.07) is 8.79. The third-order valence-electron chi connectivity index (χ3n) is 4.32. The predicted molar refractivity (Wildman–Crippen MR) is 86.6 cm³/mol. The van der Waals surface area contributed by atoms with E-state index in [9.17, 15) is 0 Å². The largest absolute Gasteiger partial charge is 0.384 e. The second-order valence-corrected chi connectivity index (χ2v) is 7.33. The highest BCUT2D eigenvalue weighted by atomic mass is 32.2. The van der Waals surface area contributed by atoms with Crippen molar-refractivity contribution in [2.75, 3.05) is 25.1 Å². The van der Waals surface area contributed by atoms with Gasteiger partial charge in [0.25, 0.3) is 0 Å². The molecule has 3 rings (SSSR count). The lowest BCUT2D eigenvalue weighted by Crippen LogP contribution is -2.24. The minimum absolute atomic E-state index is 0.674. The van der Waals surface area contributed by atoms with Gasteiger partial charge in [0.15, 0.2) is 0 Å².